The number of rotatable bonds is 11. The molecule has 38 nitrogen and oxygen atoms in total. The van der Waals surface area contributed by atoms with Gasteiger partial charge in [-0.2, -0.15) is 10.2 Å². The van der Waals surface area contributed by atoms with E-state index in [1.54, 1.807) is 6.92 Å². The predicted octanol–water partition coefficient (Wildman–Crippen LogP) is -3.39. The molecule has 2 aromatic carbocycles. The monoisotopic (exact) mass is 1440 g/mol. The Morgan fingerprint density at radius 2 is 0.971 bits per heavy atom. The number of carbonyl (C=O) groups is 14. The molecular weight excluding hydrogens is 1360 g/mol. The molecule has 1 saturated heterocycles. The molecule has 552 valence electrons. The molecule has 38 heteroatoms. The molecule has 1 aliphatic carbocycles. The molecule has 5 heterocycles. The largest absolute Gasteiger partial charge is 0.497 e. The van der Waals surface area contributed by atoms with Crippen LogP contribution in [0.1, 0.15) is 81.8 Å². The van der Waals surface area contributed by atoms with Gasteiger partial charge in [0.1, 0.15) is 60.4 Å². The van der Waals surface area contributed by atoms with Crippen LogP contribution in [-0.2, 0) is 76.5 Å². The molecule has 6 N–H and O–H groups in total. The number of hydrogen-bond acceptors (Lipinski definition) is 28. The first-order valence-corrected chi connectivity index (χ1v) is 32.2. The van der Waals surface area contributed by atoms with E-state index >= 15 is 9.59 Å². The first-order chi connectivity index (χ1) is 48.5. The Kier molecular flexibility index (Phi) is 24.4. The lowest BCUT2D eigenvalue weighted by Crippen LogP contribution is -2.62. The van der Waals surface area contributed by atoms with Crippen molar-refractivity contribution in [2.45, 2.75) is 120 Å². The summed E-state index contributed by atoms with van der Waals surface area (Å²) in [6.45, 7) is 1.26. The molecule has 0 spiro atoms. The molecular formula is C65H80N16O22. The van der Waals surface area contributed by atoms with Crippen molar-refractivity contribution in [1.29, 1.82) is 0 Å². The van der Waals surface area contributed by atoms with E-state index in [1.807, 2.05) is 0 Å². The lowest BCUT2D eigenvalue weighted by molar-refractivity contribution is -0.168. The van der Waals surface area contributed by atoms with E-state index in [9.17, 15) is 67.7 Å². The number of methoxy groups -OCH3 is 2. The predicted molar refractivity (Wildman–Crippen MR) is 354 cm³/mol. The van der Waals surface area contributed by atoms with Gasteiger partial charge in [0.25, 0.3) is 23.6 Å². The smallest absolute Gasteiger partial charge is 0.331 e. The number of likely N-dealkylation sites (N-methyl/N-ethyl adjacent to an activating group) is 4. The van der Waals surface area contributed by atoms with Gasteiger partial charge < -0.3 is 79.5 Å². The van der Waals surface area contributed by atoms with Gasteiger partial charge in [-0.15, -0.1) is 0 Å². The Balaban J connectivity index is 1.15. The van der Waals surface area contributed by atoms with E-state index in [4.69, 9.17) is 28.4 Å². The van der Waals surface area contributed by atoms with Crippen LogP contribution in [0.25, 0.3) is 22.1 Å². The second-order valence-corrected chi connectivity index (χ2v) is 25.9. The average Bonchev–Trinajstić information content (AvgIpc) is 1.78. The Bertz CT molecular complexity index is 4080. The zero-order chi connectivity index (χ0) is 75.7. The number of hydrazone groups is 2. The van der Waals surface area contributed by atoms with Crippen molar-refractivity contribution in [2.75, 3.05) is 81.8 Å². The van der Waals surface area contributed by atoms with Crippen molar-refractivity contribution < 1.29 is 106 Å². The van der Waals surface area contributed by atoms with E-state index in [0.717, 1.165) is 97.4 Å². The van der Waals surface area contributed by atoms with Gasteiger partial charge >= 0.3 is 23.9 Å². The summed E-state index contributed by atoms with van der Waals surface area (Å²) in [6, 6.07) is -2.98. The number of nitrogens with one attached hydrogen (secondary N) is 4. The van der Waals surface area contributed by atoms with E-state index in [1.165, 1.54) is 50.6 Å². The third-order valence-electron chi connectivity index (χ3n) is 17.0. The van der Waals surface area contributed by atoms with Crippen LogP contribution in [0.3, 0.4) is 0 Å². The Labute approximate surface area is 588 Å². The molecule has 2 aromatic heterocycles. The Morgan fingerprint density at radius 1 is 0.583 bits per heavy atom. The molecule has 0 bridgehead atoms. The summed E-state index contributed by atoms with van der Waals surface area (Å²) < 4.78 is 33.1. The SMILES string of the molecule is COc1ccc2nc(C(=O)N[C@@H]3COC(=O)[C@H](C(C)(C)O)N(C)C(=O)CN(C)C(=O)CNC(=O)[C@@H]4[C@@H](OC(=O)[C@@H]5C[C@H]5C)CC=NN4C(=O)[C@H](NC(=O)c4cnc5cc(OC)ccc5n4)COC(=O)[C@H](C(C)(C)O)N(C)C(=O)CN(C)C(=O)CNC(=O)[C@@H]4C(OC(C)=O)CC=NN4C3=O)cnc2c1. The van der Waals surface area contributed by atoms with Crippen molar-refractivity contribution in [1.82, 2.24) is 70.8 Å². The van der Waals surface area contributed by atoms with Crippen LogP contribution in [0, 0.1) is 11.8 Å². The van der Waals surface area contributed by atoms with Crippen LogP contribution in [0.5, 0.6) is 11.5 Å². The van der Waals surface area contributed by atoms with E-state index in [0.29, 0.717) is 37.7 Å². The molecule has 3 aliphatic heterocycles. The van der Waals surface area contributed by atoms with Crippen LogP contribution < -0.4 is 30.7 Å². The highest BCUT2D eigenvalue weighted by Gasteiger charge is 2.50. The number of cyclic esters (lactones) is 2. The molecule has 2 fully saturated rings. The number of esters is 4. The first-order valence-electron chi connectivity index (χ1n) is 32.2. The molecule has 10 amide bonds. The molecule has 103 heavy (non-hydrogen) atoms. The molecule has 0 radical (unpaired) electrons. The van der Waals surface area contributed by atoms with Crippen molar-refractivity contribution >= 4 is 117 Å². The van der Waals surface area contributed by atoms with Crippen molar-refractivity contribution in [2.24, 2.45) is 22.0 Å². The number of fused-ring (bicyclic) bond motifs is 4. The number of hydrogen-bond donors (Lipinski definition) is 6. The molecule has 4 aliphatic rings. The Hall–Kier alpha value is -11.4. The average molecular weight is 1440 g/mol. The van der Waals surface area contributed by atoms with Crippen LogP contribution in [-0.4, -0.2) is 297 Å². The normalized spacial score (nSPS) is 24.5. The minimum absolute atomic E-state index is 0.112. The highest BCUT2D eigenvalue weighted by Crippen LogP contribution is 2.39. The maximum Gasteiger partial charge on any atom is 0.331 e. The Morgan fingerprint density at radius 3 is 1.33 bits per heavy atom. The third kappa shape index (κ3) is 18.8. The fraction of sp³-hybridized carbons (Fsp3) is 0.508. The second-order valence-electron chi connectivity index (χ2n) is 25.9. The second kappa shape index (κ2) is 32.5. The van der Waals surface area contributed by atoms with Crippen LogP contribution >= 0.6 is 0 Å². The summed E-state index contributed by atoms with van der Waals surface area (Å²) >= 11 is 0. The quantitative estimate of drug-likeness (QED) is 0.0630. The fourth-order valence-electron chi connectivity index (χ4n) is 11.3. The zero-order valence-corrected chi connectivity index (χ0v) is 58.3. The van der Waals surface area contributed by atoms with Gasteiger partial charge in [0.2, 0.25) is 35.4 Å². The fourth-order valence-corrected chi connectivity index (χ4v) is 11.3. The van der Waals surface area contributed by atoms with Crippen molar-refractivity contribution in [3.8, 4) is 11.5 Å². The number of carbonyl (C=O) groups excluding carboxylic acids is 14. The molecule has 1 unspecified atom stereocenters. The minimum Gasteiger partial charge on any atom is -0.497 e. The number of aromatic nitrogens is 4. The minimum atomic E-state index is -2.21. The van der Waals surface area contributed by atoms with Gasteiger partial charge in [-0.3, -0.25) is 67.5 Å². The summed E-state index contributed by atoms with van der Waals surface area (Å²) in [4.78, 5) is 220. The van der Waals surface area contributed by atoms with Gasteiger partial charge in [0.15, 0.2) is 24.2 Å². The van der Waals surface area contributed by atoms with Gasteiger partial charge in [-0.05, 0) is 64.3 Å². The highest BCUT2D eigenvalue weighted by molar-refractivity contribution is 6.02. The standard InChI is InChI=1S/C65H80N16O22/c1-32-21-36(32)61(93)103-46-18-20-71-81-52(46)58(90)69-27-48(84)77(8)29-50(86)79(10)53(64(3,4)96)62(94)100-30-43(74-55(87)41-24-66-39-22-34(98-11)13-15-37(39)72-41)59(91)80-51(45(17-19-70-80)102-33(2)82)57(89)68-26-47(83)76(7)28-49(85)78(9)54(65(5,6)97)63(95)101-31-44(60(81)92)75-56(88)42-25-67-40-23-35(99-12)14-16-38(40)73-42/h13-16,19-20,22-25,32,36,43-46,51-54,96-97H,17-18,21,26-31H2,1-12H3,(H,68,89)(H,69,90)(H,74,87)(H,75,88)/t32-,36-,43-,44-,45?,46+,51+,52+,53-,54-/m1/s1. The van der Waals surface area contributed by atoms with Gasteiger partial charge in [0.05, 0.1) is 92.0 Å². The summed E-state index contributed by atoms with van der Waals surface area (Å²) in [7, 11) is 7.20. The summed E-state index contributed by atoms with van der Waals surface area (Å²) in [6.07, 6.45) is 1.01. The van der Waals surface area contributed by atoms with E-state index in [-0.39, 0.29) is 40.8 Å². The van der Waals surface area contributed by atoms with Crippen LogP contribution in [0.2, 0.25) is 0 Å². The summed E-state index contributed by atoms with van der Waals surface area (Å²) in [5.74, 6) is -15.8. The number of ether oxygens (including phenoxy) is 6. The van der Waals surface area contributed by atoms with Crippen LogP contribution in [0.15, 0.2) is 59.0 Å². The third-order valence-corrected chi connectivity index (χ3v) is 17.0. The molecule has 8 rings (SSSR count). The number of aliphatic hydroxyl groups is 2. The van der Waals surface area contributed by atoms with E-state index in [2.05, 4.69) is 51.4 Å². The topological polar surface area (TPSA) is 479 Å². The highest BCUT2D eigenvalue weighted by atomic mass is 16.6. The van der Waals surface area contributed by atoms with Gasteiger partial charge in [0, 0.05) is 72.5 Å². The van der Waals surface area contributed by atoms with Gasteiger partial charge in [-0.1, -0.05) is 6.92 Å². The lowest BCUT2D eigenvalue weighted by Gasteiger charge is -2.37. The number of nitrogens with zero attached hydrogens (tertiary/aromatic N) is 12. The molecule has 10 atom stereocenters. The summed E-state index contributed by atoms with van der Waals surface area (Å²) in [5.41, 5.74) is -4.26. The van der Waals surface area contributed by atoms with E-state index < -0.39 is 199 Å². The van der Waals surface area contributed by atoms with Gasteiger partial charge in [-0.25, -0.2) is 29.6 Å². The number of amides is 10. The van der Waals surface area contributed by atoms with Crippen LogP contribution in [0.4, 0.5) is 0 Å². The summed E-state index contributed by atoms with van der Waals surface area (Å²) in [5, 5.41) is 41.9. The maximum atomic E-state index is 15.2. The molecule has 4 aromatic rings. The first kappa shape index (κ1) is 77.3. The lowest BCUT2D eigenvalue weighted by atomic mass is 9.97. The number of benzene rings is 2. The molecule has 1 saturated carbocycles. The van der Waals surface area contributed by atoms with Crippen molar-refractivity contribution in [3.05, 3.63) is 60.2 Å². The maximum absolute atomic E-state index is 15.2. The van der Waals surface area contributed by atoms with Crippen molar-refractivity contribution in [3.63, 3.8) is 0 Å². The zero-order valence-electron chi connectivity index (χ0n) is 58.3.